The molecule has 0 N–H and O–H groups in total. The van der Waals surface area contributed by atoms with E-state index >= 15 is 0 Å². The molecule has 0 amide bonds. The second kappa shape index (κ2) is 11.6. The Morgan fingerprint density at radius 1 is 0.259 bits per heavy atom. The van der Waals surface area contributed by atoms with E-state index in [-0.39, 0.29) is 0 Å². The molecule has 2 heterocycles. The highest BCUT2D eigenvalue weighted by Crippen LogP contribution is 2.48. The van der Waals surface area contributed by atoms with Crippen LogP contribution in [-0.2, 0) is 0 Å². The summed E-state index contributed by atoms with van der Waals surface area (Å²) < 4.78 is 5.39. The highest BCUT2D eigenvalue weighted by Gasteiger charge is 2.19. The van der Waals surface area contributed by atoms with Crippen molar-refractivity contribution in [2.45, 2.75) is 0 Å². The molecule has 2 heteroatoms. The van der Waals surface area contributed by atoms with Crippen molar-refractivity contribution in [2.24, 2.45) is 0 Å². The largest absolute Gasteiger partial charge is 0.135 e. The Hall–Kier alpha value is -6.32. The first-order chi connectivity index (χ1) is 26.8. The number of rotatable bonds is 3. The fourth-order valence-corrected chi connectivity index (χ4v) is 11.4. The van der Waals surface area contributed by atoms with Crippen LogP contribution in [0.1, 0.15) is 0 Å². The van der Waals surface area contributed by atoms with Crippen LogP contribution in [0.5, 0.6) is 0 Å². The molecule has 10 aromatic carbocycles. The van der Waals surface area contributed by atoms with Crippen molar-refractivity contribution in [3.63, 3.8) is 0 Å². The minimum atomic E-state index is 1.23. The molecule has 0 spiro atoms. The number of fused-ring (bicyclic) bond motifs is 11. The zero-order valence-electron chi connectivity index (χ0n) is 29.1. The molecule has 0 saturated heterocycles. The lowest BCUT2D eigenvalue weighted by Gasteiger charge is -2.19. The molecule has 0 fully saturated rings. The van der Waals surface area contributed by atoms with E-state index in [2.05, 4.69) is 182 Å². The first-order valence-electron chi connectivity index (χ1n) is 18.5. The van der Waals surface area contributed by atoms with Gasteiger partial charge in [-0.25, -0.2) is 0 Å². The van der Waals surface area contributed by atoms with Crippen LogP contribution in [0.15, 0.2) is 182 Å². The van der Waals surface area contributed by atoms with Gasteiger partial charge < -0.3 is 0 Å². The average Bonchev–Trinajstić information content (AvgIpc) is 3.80. The molecule has 0 aliphatic carbocycles. The van der Waals surface area contributed by atoms with Crippen molar-refractivity contribution in [3.05, 3.63) is 182 Å². The van der Waals surface area contributed by atoms with Crippen LogP contribution in [0, 0.1) is 0 Å². The van der Waals surface area contributed by atoms with Gasteiger partial charge in [0.25, 0.3) is 0 Å². The quantitative estimate of drug-likeness (QED) is 0.160. The van der Waals surface area contributed by atoms with Gasteiger partial charge in [0.1, 0.15) is 0 Å². The van der Waals surface area contributed by atoms with Crippen LogP contribution >= 0.6 is 22.7 Å². The number of benzene rings is 10. The van der Waals surface area contributed by atoms with Crippen LogP contribution in [0.2, 0.25) is 0 Å². The highest BCUT2D eigenvalue weighted by atomic mass is 32.1. The Morgan fingerprint density at radius 2 is 0.778 bits per heavy atom. The zero-order valence-corrected chi connectivity index (χ0v) is 30.8. The molecule has 12 rings (SSSR count). The lowest BCUT2D eigenvalue weighted by molar-refractivity contribution is 1.65. The third-order valence-corrected chi connectivity index (χ3v) is 13.8. The number of hydrogen-bond donors (Lipinski definition) is 0. The Labute approximate surface area is 319 Å². The Balaban J connectivity index is 1.10. The maximum atomic E-state index is 2.46. The third-order valence-electron chi connectivity index (χ3n) is 11.4. The molecule has 0 aliphatic heterocycles. The van der Waals surface area contributed by atoms with E-state index in [4.69, 9.17) is 0 Å². The molecule has 12 aromatic rings. The second-order valence-corrected chi connectivity index (χ2v) is 16.5. The van der Waals surface area contributed by atoms with Crippen molar-refractivity contribution < 1.29 is 0 Å². The fourth-order valence-electron chi connectivity index (χ4n) is 9.04. The maximum absolute atomic E-state index is 2.46. The SMILES string of the molecule is c1ccc2c(-c3c4ccccc4c(-c4ccc(-c5cc6c7ccccc7sc6c6cc7sc8ccccc8c7cc56)cc4)c4ccccc34)cccc2c1. The van der Waals surface area contributed by atoms with Gasteiger partial charge in [0.2, 0.25) is 0 Å². The lowest BCUT2D eigenvalue weighted by atomic mass is 9.84. The predicted octanol–water partition coefficient (Wildman–Crippen LogP) is 16.0. The minimum absolute atomic E-state index is 1.23. The third kappa shape index (κ3) is 4.36. The van der Waals surface area contributed by atoms with Crippen LogP contribution in [-0.4, -0.2) is 0 Å². The first kappa shape index (κ1) is 30.2. The van der Waals surface area contributed by atoms with Crippen LogP contribution in [0.3, 0.4) is 0 Å². The Kier molecular flexibility index (Phi) is 6.48. The average molecular weight is 719 g/mol. The van der Waals surface area contributed by atoms with E-state index in [1.54, 1.807) is 0 Å². The lowest BCUT2D eigenvalue weighted by Crippen LogP contribution is -1.91. The van der Waals surface area contributed by atoms with Crippen molar-refractivity contribution in [2.75, 3.05) is 0 Å². The van der Waals surface area contributed by atoms with Gasteiger partial charge in [-0.15, -0.1) is 22.7 Å². The number of thiophene rings is 2. The normalized spacial score (nSPS) is 12.1. The van der Waals surface area contributed by atoms with E-state index in [0.29, 0.717) is 0 Å². The van der Waals surface area contributed by atoms with Gasteiger partial charge in [-0.2, -0.15) is 0 Å². The van der Waals surface area contributed by atoms with Crippen molar-refractivity contribution in [3.8, 4) is 33.4 Å². The van der Waals surface area contributed by atoms with Crippen molar-refractivity contribution in [1.29, 1.82) is 0 Å². The van der Waals surface area contributed by atoms with Gasteiger partial charge in [-0.3, -0.25) is 0 Å². The molecule has 0 radical (unpaired) electrons. The molecule has 0 aliphatic rings. The summed E-state index contributed by atoms with van der Waals surface area (Å²) in [6.07, 6.45) is 0. The van der Waals surface area contributed by atoms with Crippen LogP contribution < -0.4 is 0 Å². The summed E-state index contributed by atoms with van der Waals surface area (Å²) in [5, 5.41) is 15.6. The number of hydrogen-bond acceptors (Lipinski definition) is 2. The van der Waals surface area contributed by atoms with Crippen LogP contribution in [0.25, 0.3) is 117 Å². The molecular weight excluding hydrogens is 689 g/mol. The second-order valence-electron chi connectivity index (χ2n) is 14.3. The van der Waals surface area contributed by atoms with Crippen molar-refractivity contribution >= 4 is 106 Å². The van der Waals surface area contributed by atoms with Gasteiger partial charge in [-0.05, 0) is 101 Å². The van der Waals surface area contributed by atoms with Gasteiger partial charge >= 0.3 is 0 Å². The highest BCUT2D eigenvalue weighted by molar-refractivity contribution is 7.27. The summed E-state index contributed by atoms with van der Waals surface area (Å²) in [7, 11) is 0. The minimum Gasteiger partial charge on any atom is -0.135 e. The molecular formula is C52H30S2. The molecule has 0 unspecified atom stereocenters. The summed E-state index contributed by atoms with van der Waals surface area (Å²) in [5.74, 6) is 0. The maximum Gasteiger partial charge on any atom is 0.0434 e. The zero-order chi connectivity index (χ0) is 35.3. The molecule has 0 bridgehead atoms. The predicted molar refractivity (Wildman–Crippen MR) is 239 cm³/mol. The van der Waals surface area contributed by atoms with E-state index < -0.39 is 0 Å². The molecule has 0 atom stereocenters. The summed E-state index contributed by atoms with van der Waals surface area (Å²) >= 11 is 3.82. The summed E-state index contributed by atoms with van der Waals surface area (Å²) in [4.78, 5) is 0. The van der Waals surface area contributed by atoms with Crippen molar-refractivity contribution in [1.82, 2.24) is 0 Å². The molecule has 250 valence electrons. The smallest absolute Gasteiger partial charge is 0.0434 e. The van der Waals surface area contributed by atoms with E-state index in [1.807, 2.05) is 22.7 Å². The van der Waals surface area contributed by atoms with E-state index in [1.165, 1.54) is 117 Å². The van der Waals surface area contributed by atoms with Gasteiger partial charge in [-0.1, -0.05) is 152 Å². The standard InChI is InChI=1S/C52H30S2/c1-2-14-34-31(12-1)13-11-21-37(34)51-40-19-5-3-17-38(40)50(39-18-4-6-20-41(39)51)33-26-24-32(25-27-33)42-28-45-36-16-8-10-23-48(36)54-52(45)46-30-49-44(29-43(42)46)35-15-7-9-22-47(35)53-49/h1-30H. The van der Waals surface area contributed by atoms with E-state index in [9.17, 15) is 0 Å². The Morgan fingerprint density at radius 3 is 1.48 bits per heavy atom. The van der Waals surface area contributed by atoms with Gasteiger partial charge in [0, 0.05) is 45.7 Å². The van der Waals surface area contributed by atoms with Gasteiger partial charge in [0.05, 0.1) is 0 Å². The molecule has 2 aromatic heterocycles. The molecule has 0 nitrogen and oxygen atoms in total. The first-order valence-corrected chi connectivity index (χ1v) is 20.1. The summed E-state index contributed by atoms with van der Waals surface area (Å²) in [6.45, 7) is 0. The topological polar surface area (TPSA) is 0 Å². The molecule has 54 heavy (non-hydrogen) atoms. The van der Waals surface area contributed by atoms with Gasteiger partial charge in [0.15, 0.2) is 0 Å². The fraction of sp³-hybridized carbons (Fsp3) is 0. The summed E-state index contributed by atoms with van der Waals surface area (Å²) in [6, 6.07) is 67.9. The summed E-state index contributed by atoms with van der Waals surface area (Å²) in [5.41, 5.74) is 7.61. The van der Waals surface area contributed by atoms with Crippen LogP contribution in [0.4, 0.5) is 0 Å². The molecule has 0 saturated carbocycles. The Bertz CT molecular complexity index is 3430. The monoisotopic (exact) mass is 718 g/mol. The van der Waals surface area contributed by atoms with E-state index in [0.717, 1.165) is 0 Å².